The zero-order valence-corrected chi connectivity index (χ0v) is 7.28. The van der Waals surface area contributed by atoms with Crippen LogP contribution in [0.1, 0.15) is 32.1 Å². The van der Waals surface area contributed by atoms with E-state index in [2.05, 4.69) is 0 Å². The largest absolute Gasteiger partial charge is 0.478 e. The summed E-state index contributed by atoms with van der Waals surface area (Å²) in [4.78, 5) is 21.9. The van der Waals surface area contributed by atoms with Crippen LogP contribution in [-0.2, 0) is 14.3 Å². The normalized spacial score (nSPS) is 30.8. The highest BCUT2D eigenvalue weighted by Gasteiger charge is 2.53. The lowest BCUT2D eigenvalue weighted by Gasteiger charge is -2.23. The molecule has 0 aromatic rings. The van der Waals surface area contributed by atoms with Crippen LogP contribution in [0, 0.1) is 5.41 Å². The molecule has 1 aliphatic heterocycles. The van der Waals surface area contributed by atoms with E-state index in [1.54, 1.807) is 0 Å². The molecule has 1 spiro atoms. The Morgan fingerprint density at radius 3 is 2.62 bits per heavy atom. The second kappa shape index (κ2) is 2.72. The third-order valence-electron chi connectivity index (χ3n) is 3.13. The molecule has 2 aliphatic rings. The first-order valence-corrected chi connectivity index (χ1v) is 4.56. The minimum Gasteiger partial charge on any atom is -0.478 e. The van der Waals surface area contributed by atoms with Gasteiger partial charge in [-0.2, -0.15) is 0 Å². The molecule has 0 amide bonds. The van der Waals surface area contributed by atoms with E-state index in [9.17, 15) is 9.59 Å². The second-order valence-corrected chi connectivity index (χ2v) is 3.95. The lowest BCUT2D eigenvalue weighted by Crippen LogP contribution is -2.35. The van der Waals surface area contributed by atoms with Crippen molar-refractivity contribution in [1.29, 1.82) is 0 Å². The van der Waals surface area contributed by atoms with Crippen LogP contribution in [0.25, 0.3) is 0 Å². The maximum Gasteiger partial charge on any atom is 0.345 e. The maximum atomic E-state index is 11.0. The Morgan fingerprint density at radius 1 is 1.46 bits per heavy atom. The average molecular weight is 184 g/mol. The van der Waals surface area contributed by atoms with Crippen LogP contribution >= 0.6 is 0 Å². The molecule has 1 aliphatic carbocycles. The Kier molecular flexibility index (Phi) is 1.78. The van der Waals surface area contributed by atoms with E-state index >= 15 is 0 Å². The first kappa shape index (κ1) is 8.53. The van der Waals surface area contributed by atoms with Gasteiger partial charge in [0.25, 0.3) is 0 Å². The maximum absolute atomic E-state index is 11.0. The van der Waals surface area contributed by atoms with E-state index in [4.69, 9.17) is 9.84 Å². The number of hydrogen-bond acceptors (Lipinski definition) is 3. The van der Waals surface area contributed by atoms with Gasteiger partial charge in [-0.15, -0.1) is 0 Å². The minimum atomic E-state index is -0.993. The van der Waals surface area contributed by atoms with Crippen LogP contribution in [0.15, 0.2) is 0 Å². The Hall–Kier alpha value is -1.06. The lowest BCUT2D eigenvalue weighted by molar-refractivity contribution is -0.160. The highest BCUT2D eigenvalue weighted by molar-refractivity contribution is 5.83. The molecule has 1 N–H and O–H groups in total. The van der Waals surface area contributed by atoms with Crippen LogP contribution in [0.3, 0.4) is 0 Å². The molecular formula is C9H12O4. The molecule has 1 saturated heterocycles. The fourth-order valence-corrected chi connectivity index (χ4v) is 2.51. The third-order valence-corrected chi connectivity index (χ3v) is 3.13. The summed E-state index contributed by atoms with van der Waals surface area (Å²) in [5, 5.41) is 8.88. The molecule has 2 fully saturated rings. The van der Waals surface area contributed by atoms with Gasteiger partial charge in [0.15, 0.2) is 0 Å². The monoisotopic (exact) mass is 184 g/mol. The molecule has 0 radical (unpaired) electrons. The van der Waals surface area contributed by atoms with Gasteiger partial charge in [-0.3, -0.25) is 4.79 Å². The van der Waals surface area contributed by atoms with Crippen molar-refractivity contribution < 1.29 is 19.4 Å². The van der Waals surface area contributed by atoms with Gasteiger partial charge in [0.1, 0.15) is 0 Å². The molecule has 1 unspecified atom stereocenters. The van der Waals surface area contributed by atoms with Crippen molar-refractivity contribution in [2.24, 2.45) is 5.41 Å². The molecule has 4 nitrogen and oxygen atoms in total. The van der Waals surface area contributed by atoms with E-state index in [1.807, 2.05) is 0 Å². The van der Waals surface area contributed by atoms with Crippen molar-refractivity contribution >= 4 is 11.9 Å². The fraction of sp³-hybridized carbons (Fsp3) is 0.778. The van der Waals surface area contributed by atoms with E-state index < -0.39 is 12.1 Å². The number of cyclic esters (lactones) is 1. The summed E-state index contributed by atoms with van der Waals surface area (Å²) in [6, 6.07) is 0. The van der Waals surface area contributed by atoms with Gasteiger partial charge in [-0.25, -0.2) is 4.79 Å². The molecule has 1 heterocycles. The standard InChI is InChI=1S/C9H12O4/c10-6-5-9(3-1-2-4-9)7(13-6)8(11)12/h7H,1-5H2,(H,11,12). The van der Waals surface area contributed by atoms with Crippen LogP contribution in [0.4, 0.5) is 0 Å². The molecule has 13 heavy (non-hydrogen) atoms. The SMILES string of the molecule is O=C1CC2(CCCC2)C(C(=O)O)O1. The van der Waals surface area contributed by atoms with Gasteiger partial charge in [-0.05, 0) is 12.8 Å². The smallest absolute Gasteiger partial charge is 0.345 e. The second-order valence-electron chi connectivity index (χ2n) is 3.95. The van der Waals surface area contributed by atoms with Gasteiger partial charge in [0.05, 0.1) is 6.42 Å². The summed E-state index contributed by atoms with van der Waals surface area (Å²) < 4.78 is 4.82. The molecule has 4 heteroatoms. The van der Waals surface area contributed by atoms with Crippen LogP contribution in [0.2, 0.25) is 0 Å². The number of carboxylic acid groups (broad SMARTS) is 1. The van der Waals surface area contributed by atoms with Crippen LogP contribution in [-0.4, -0.2) is 23.1 Å². The van der Waals surface area contributed by atoms with Crippen molar-refractivity contribution in [2.45, 2.75) is 38.2 Å². The molecule has 0 bridgehead atoms. The molecule has 1 saturated carbocycles. The summed E-state index contributed by atoms with van der Waals surface area (Å²) in [6.45, 7) is 0. The number of hydrogen-bond donors (Lipinski definition) is 1. The van der Waals surface area contributed by atoms with Crippen molar-refractivity contribution in [3.05, 3.63) is 0 Å². The predicted molar refractivity (Wildman–Crippen MR) is 43.0 cm³/mol. The van der Waals surface area contributed by atoms with Gasteiger partial charge in [-0.1, -0.05) is 12.8 Å². The van der Waals surface area contributed by atoms with Gasteiger partial charge in [0, 0.05) is 5.41 Å². The summed E-state index contributed by atoms with van der Waals surface area (Å²) in [5.74, 6) is -1.35. The molecule has 0 aromatic carbocycles. The summed E-state index contributed by atoms with van der Waals surface area (Å²) in [6.07, 6.45) is 3.07. The number of carbonyl (C=O) groups is 2. The van der Waals surface area contributed by atoms with E-state index in [-0.39, 0.29) is 11.4 Å². The van der Waals surface area contributed by atoms with Gasteiger partial charge >= 0.3 is 11.9 Å². The van der Waals surface area contributed by atoms with Gasteiger partial charge < -0.3 is 9.84 Å². The summed E-state index contributed by atoms with van der Waals surface area (Å²) in [7, 11) is 0. The number of esters is 1. The first-order valence-electron chi connectivity index (χ1n) is 4.56. The Labute approximate surface area is 75.9 Å². The van der Waals surface area contributed by atoms with E-state index in [0.717, 1.165) is 25.7 Å². The number of rotatable bonds is 1. The van der Waals surface area contributed by atoms with E-state index in [1.165, 1.54) is 0 Å². The van der Waals surface area contributed by atoms with Crippen LogP contribution in [0.5, 0.6) is 0 Å². The van der Waals surface area contributed by atoms with Crippen molar-refractivity contribution in [2.75, 3.05) is 0 Å². The summed E-state index contributed by atoms with van der Waals surface area (Å²) >= 11 is 0. The highest BCUT2D eigenvalue weighted by atomic mass is 16.6. The fourth-order valence-electron chi connectivity index (χ4n) is 2.51. The molecule has 0 aromatic heterocycles. The van der Waals surface area contributed by atoms with Crippen LogP contribution < -0.4 is 0 Å². The van der Waals surface area contributed by atoms with Crippen molar-refractivity contribution in [3.63, 3.8) is 0 Å². The molecule has 72 valence electrons. The minimum absolute atomic E-state index is 0.296. The number of ether oxygens (including phenoxy) is 1. The Morgan fingerprint density at radius 2 is 2.08 bits per heavy atom. The zero-order chi connectivity index (χ0) is 9.47. The highest BCUT2D eigenvalue weighted by Crippen LogP contribution is 2.49. The Balaban J connectivity index is 2.25. The first-order chi connectivity index (χ1) is 6.14. The lowest BCUT2D eigenvalue weighted by atomic mass is 9.79. The summed E-state index contributed by atoms with van der Waals surface area (Å²) in [5.41, 5.74) is -0.372. The topological polar surface area (TPSA) is 63.6 Å². The average Bonchev–Trinajstić information content (AvgIpc) is 2.60. The molecule has 2 rings (SSSR count). The zero-order valence-electron chi connectivity index (χ0n) is 7.28. The van der Waals surface area contributed by atoms with Crippen molar-refractivity contribution in [1.82, 2.24) is 0 Å². The van der Waals surface area contributed by atoms with Crippen molar-refractivity contribution in [3.8, 4) is 0 Å². The molecular weight excluding hydrogens is 172 g/mol. The number of carbonyl (C=O) groups excluding carboxylic acids is 1. The Bertz CT molecular complexity index is 252. The quantitative estimate of drug-likeness (QED) is 0.616. The number of aliphatic carboxylic acids is 1. The molecule has 1 atom stereocenters. The third kappa shape index (κ3) is 1.20. The van der Waals surface area contributed by atoms with E-state index in [0.29, 0.717) is 6.42 Å². The predicted octanol–water partition coefficient (Wildman–Crippen LogP) is 0.947. The van der Waals surface area contributed by atoms with Gasteiger partial charge in [0.2, 0.25) is 6.10 Å². The number of carboxylic acids is 1.